The summed E-state index contributed by atoms with van der Waals surface area (Å²) >= 11 is 0. The maximum absolute atomic E-state index is 10.7. The molecule has 2 N–H and O–H groups in total. The fraction of sp³-hybridized carbons (Fsp3) is 0. The molecule has 0 spiro atoms. The van der Waals surface area contributed by atoms with Crippen LogP contribution in [0.2, 0.25) is 0 Å². The summed E-state index contributed by atoms with van der Waals surface area (Å²) in [5.41, 5.74) is -1.07. The minimum atomic E-state index is -2.20. The van der Waals surface area contributed by atoms with E-state index < -0.39 is 32.3 Å². The number of nitro groups is 1. The van der Waals surface area contributed by atoms with Crippen molar-refractivity contribution in [3.05, 3.63) is 33.9 Å². The Kier molecular flexibility index (Phi) is 3.99. The zero-order valence-corrected chi connectivity index (χ0v) is 9.16. The minimum absolute atomic E-state index is 0.170. The lowest BCUT2D eigenvalue weighted by atomic mass is 10.2. The SMILES string of the molecule is O=C(O)c1cc(SS(=O)O)ccc1[N+](=O)[O-]. The van der Waals surface area contributed by atoms with Gasteiger partial charge in [0.25, 0.3) is 5.69 Å². The summed E-state index contributed by atoms with van der Waals surface area (Å²) in [6, 6.07) is 3.18. The first-order valence-electron chi connectivity index (χ1n) is 3.72. The van der Waals surface area contributed by atoms with Gasteiger partial charge in [0.1, 0.15) is 5.56 Å². The lowest BCUT2D eigenvalue weighted by Crippen LogP contribution is -2.02. The maximum atomic E-state index is 10.7. The van der Waals surface area contributed by atoms with Crippen molar-refractivity contribution in [2.45, 2.75) is 4.90 Å². The van der Waals surface area contributed by atoms with Crippen molar-refractivity contribution >= 4 is 32.6 Å². The van der Waals surface area contributed by atoms with E-state index in [1.165, 1.54) is 6.07 Å². The average molecular weight is 263 g/mol. The van der Waals surface area contributed by atoms with E-state index in [0.717, 1.165) is 12.1 Å². The highest BCUT2D eigenvalue weighted by atomic mass is 33.1. The third kappa shape index (κ3) is 3.02. The van der Waals surface area contributed by atoms with E-state index in [9.17, 15) is 19.1 Å². The molecule has 86 valence electrons. The number of hydrogen-bond donors (Lipinski definition) is 2. The van der Waals surface area contributed by atoms with Crippen LogP contribution in [0, 0.1) is 10.1 Å². The second-order valence-electron chi connectivity index (χ2n) is 2.54. The molecule has 0 aliphatic heterocycles. The Morgan fingerprint density at radius 1 is 1.50 bits per heavy atom. The zero-order valence-electron chi connectivity index (χ0n) is 7.52. The van der Waals surface area contributed by atoms with Crippen molar-refractivity contribution in [1.29, 1.82) is 0 Å². The van der Waals surface area contributed by atoms with Crippen LogP contribution in [0.1, 0.15) is 10.4 Å². The molecule has 0 bridgehead atoms. The van der Waals surface area contributed by atoms with Crippen molar-refractivity contribution in [2.75, 3.05) is 0 Å². The molecule has 0 aromatic heterocycles. The molecule has 7 nitrogen and oxygen atoms in total. The smallest absolute Gasteiger partial charge is 0.342 e. The molecule has 0 radical (unpaired) electrons. The van der Waals surface area contributed by atoms with Gasteiger partial charge in [0.15, 0.2) is 0 Å². The molecule has 1 atom stereocenters. The number of benzene rings is 1. The quantitative estimate of drug-likeness (QED) is 0.366. The molecule has 0 aliphatic rings. The summed E-state index contributed by atoms with van der Waals surface area (Å²) in [6.07, 6.45) is 0. The van der Waals surface area contributed by atoms with Crippen LogP contribution in [0.25, 0.3) is 0 Å². The van der Waals surface area contributed by atoms with E-state index in [-0.39, 0.29) is 4.90 Å². The van der Waals surface area contributed by atoms with Crippen LogP contribution in [0.15, 0.2) is 23.1 Å². The van der Waals surface area contributed by atoms with Gasteiger partial charge in [0.2, 0.25) is 10.1 Å². The molecule has 1 aromatic carbocycles. The van der Waals surface area contributed by atoms with Crippen LogP contribution >= 0.6 is 10.8 Å². The zero-order chi connectivity index (χ0) is 12.3. The highest BCUT2D eigenvalue weighted by molar-refractivity contribution is 8.67. The van der Waals surface area contributed by atoms with Gasteiger partial charge in [0.05, 0.1) is 4.92 Å². The highest BCUT2D eigenvalue weighted by Crippen LogP contribution is 2.27. The Labute approximate surface area is 95.3 Å². The molecule has 0 saturated heterocycles. The molecule has 1 aromatic rings. The van der Waals surface area contributed by atoms with Crippen molar-refractivity contribution < 1.29 is 23.6 Å². The Bertz CT molecular complexity index is 474. The number of hydrogen-bond acceptors (Lipinski definition) is 5. The van der Waals surface area contributed by atoms with E-state index in [0.29, 0.717) is 10.8 Å². The monoisotopic (exact) mass is 263 g/mol. The van der Waals surface area contributed by atoms with Gasteiger partial charge in [-0.15, -0.1) is 0 Å². The lowest BCUT2D eigenvalue weighted by molar-refractivity contribution is -0.385. The van der Waals surface area contributed by atoms with E-state index in [1.807, 2.05) is 0 Å². The van der Waals surface area contributed by atoms with Gasteiger partial charge < -0.3 is 5.11 Å². The molecule has 0 saturated carbocycles. The van der Waals surface area contributed by atoms with Crippen LogP contribution in [-0.2, 0) is 10.1 Å². The summed E-state index contributed by atoms with van der Waals surface area (Å²) in [5.74, 6) is -1.46. The third-order valence-corrected chi connectivity index (χ3v) is 3.16. The van der Waals surface area contributed by atoms with Crippen LogP contribution in [0.3, 0.4) is 0 Å². The molecule has 0 fully saturated rings. The summed E-state index contributed by atoms with van der Waals surface area (Å²) in [4.78, 5) is 20.5. The van der Waals surface area contributed by atoms with E-state index in [2.05, 4.69) is 0 Å². The topological polar surface area (TPSA) is 118 Å². The first-order valence-corrected chi connectivity index (χ1v) is 6.16. The third-order valence-electron chi connectivity index (χ3n) is 1.56. The summed E-state index contributed by atoms with van der Waals surface area (Å²) in [7, 11) is -1.71. The van der Waals surface area contributed by atoms with Gasteiger partial charge in [-0.25, -0.2) is 9.00 Å². The molecule has 0 amide bonds. The number of nitrogens with zero attached hydrogens (tertiary/aromatic N) is 1. The van der Waals surface area contributed by atoms with Gasteiger partial charge >= 0.3 is 5.97 Å². The van der Waals surface area contributed by atoms with E-state index in [1.54, 1.807) is 0 Å². The predicted octanol–water partition coefficient (Wildman–Crippen LogP) is 1.52. The first kappa shape index (κ1) is 12.6. The number of rotatable bonds is 4. The molecule has 9 heteroatoms. The van der Waals surface area contributed by atoms with Gasteiger partial charge in [-0.3, -0.25) is 14.7 Å². The minimum Gasteiger partial charge on any atom is -0.477 e. The average Bonchev–Trinajstić information content (AvgIpc) is 2.16. The van der Waals surface area contributed by atoms with Crippen LogP contribution < -0.4 is 0 Å². The van der Waals surface area contributed by atoms with Gasteiger partial charge in [0, 0.05) is 21.8 Å². The fourth-order valence-corrected chi connectivity index (χ4v) is 2.24. The molecular formula is C7H5NO6S2. The second kappa shape index (κ2) is 5.05. The summed E-state index contributed by atoms with van der Waals surface area (Å²) in [5, 5.41) is 19.2. The van der Waals surface area contributed by atoms with Crippen LogP contribution in [0.4, 0.5) is 5.69 Å². The molecular weight excluding hydrogens is 258 g/mol. The predicted molar refractivity (Wildman–Crippen MR) is 56.7 cm³/mol. The van der Waals surface area contributed by atoms with Crippen LogP contribution in [0.5, 0.6) is 0 Å². The van der Waals surface area contributed by atoms with E-state index in [4.69, 9.17) is 9.66 Å². The highest BCUT2D eigenvalue weighted by Gasteiger charge is 2.20. The number of carboxylic acids is 1. The Hall–Kier alpha value is -1.45. The largest absolute Gasteiger partial charge is 0.477 e. The van der Waals surface area contributed by atoms with Gasteiger partial charge in [-0.2, -0.15) is 0 Å². The van der Waals surface area contributed by atoms with Gasteiger partial charge in [-0.05, 0) is 12.1 Å². The molecule has 1 unspecified atom stereocenters. The van der Waals surface area contributed by atoms with E-state index >= 15 is 0 Å². The van der Waals surface area contributed by atoms with Crippen molar-refractivity contribution in [3.63, 3.8) is 0 Å². The number of carboxylic acid groups (broad SMARTS) is 1. The van der Waals surface area contributed by atoms with Crippen molar-refractivity contribution in [3.8, 4) is 0 Å². The standard InChI is InChI=1S/C7H5NO6S2/c9-7(10)5-3-4(15-16(13)14)1-2-6(5)8(11)12/h1-3H,(H,9,10)(H,13,14). The first-order chi connectivity index (χ1) is 7.41. The molecule has 16 heavy (non-hydrogen) atoms. The molecule has 0 heterocycles. The Morgan fingerprint density at radius 3 is 2.56 bits per heavy atom. The summed E-state index contributed by atoms with van der Waals surface area (Å²) in [6.45, 7) is 0. The number of carbonyl (C=O) groups is 1. The normalized spacial score (nSPS) is 12.1. The lowest BCUT2D eigenvalue weighted by Gasteiger charge is -2.00. The molecule has 1 rings (SSSR count). The maximum Gasteiger partial charge on any atom is 0.342 e. The van der Waals surface area contributed by atoms with Crippen molar-refractivity contribution in [2.24, 2.45) is 0 Å². The molecule has 0 aliphatic carbocycles. The summed E-state index contributed by atoms with van der Waals surface area (Å²) < 4.78 is 19.0. The van der Waals surface area contributed by atoms with Crippen LogP contribution in [-0.4, -0.2) is 24.8 Å². The second-order valence-corrected chi connectivity index (χ2v) is 4.97. The Balaban J connectivity index is 3.22. The fourth-order valence-electron chi connectivity index (χ4n) is 0.980. The number of aromatic carboxylic acids is 1. The van der Waals surface area contributed by atoms with Crippen molar-refractivity contribution in [1.82, 2.24) is 0 Å². The van der Waals surface area contributed by atoms with Gasteiger partial charge in [-0.1, -0.05) is 0 Å². The Morgan fingerprint density at radius 2 is 2.12 bits per heavy atom. The number of nitro benzene ring substituents is 1.